The number of rotatable bonds is 10. The van der Waals surface area contributed by atoms with Crippen molar-refractivity contribution in [3.8, 4) is 0 Å². The Hall–Kier alpha value is -1.76. The lowest BCUT2D eigenvalue weighted by atomic mass is 9.96. The zero-order valence-corrected chi connectivity index (χ0v) is 26.8. The number of hydrogen-bond donors (Lipinski definition) is 0. The van der Waals surface area contributed by atoms with Crippen molar-refractivity contribution in [1.82, 2.24) is 0 Å². The molecule has 2 aromatic rings. The second-order valence-electron chi connectivity index (χ2n) is 13.5. The largest absolute Gasteiger partial charge is 0.390 e. The SMILES string of the molecule is C/C1=C\C[C@@H]([C@H](C)COCc2ccccc2)O[Si](C(C)(C)C)(C(C)(C)C)OC1[C@H](C)COCc1ccccc1. The first-order valence-electron chi connectivity index (χ1n) is 14.6. The molecule has 5 heteroatoms. The molecule has 1 aliphatic heterocycles. The Morgan fingerprint density at radius 2 is 1.21 bits per heavy atom. The van der Waals surface area contributed by atoms with Crippen LogP contribution in [0, 0.1) is 11.8 Å². The van der Waals surface area contributed by atoms with E-state index in [1.165, 1.54) is 16.7 Å². The molecule has 0 amide bonds. The third-order valence-electron chi connectivity index (χ3n) is 7.84. The predicted octanol–water partition coefficient (Wildman–Crippen LogP) is 8.86. The minimum absolute atomic E-state index is 0.0337. The van der Waals surface area contributed by atoms with Crippen molar-refractivity contribution in [2.24, 2.45) is 11.8 Å². The third-order valence-corrected chi connectivity index (χ3v) is 13.0. The summed E-state index contributed by atoms with van der Waals surface area (Å²) in [7, 11) is -2.82. The molecule has 0 N–H and O–H groups in total. The van der Waals surface area contributed by atoms with Crippen LogP contribution in [0.15, 0.2) is 72.3 Å². The maximum atomic E-state index is 7.37. The van der Waals surface area contributed by atoms with E-state index in [0.29, 0.717) is 26.4 Å². The second kappa shape index (κ2) is 13.7. The van der Waals surface area contributed by atoms with E-state index in [0.717, 1.165) is 6.42 Å². The Morgan fingerprint density at radius 1 is 0.744 bits per heavy atom. The molecule has 3 rings (SSSR count). The van der Waals surface area contributed by atoms with Gasteiger partial charge in [0.05, 0.1) is 38.6 Å². The molecule has 0 spiro atoms. The summed E-state index contributed by atoms with van der Waals surface area (Å²) >= 11 is 0. The Labute approximate surface area is 239 Å². The summed E-state index contributed by atoms with van der Waals surface area (Å²) in [5.74, 6) is 0.439. The molecule has 0 aromatic heterocycles. The molecule has 0 bridgehead atoms. The summed E-state index contributed by atoms with van der Waals surface area (Å²) in [6, 6.07) is 20.7. The van der Waals surface area contributed by atoms with Gasteiger partial charge in [-0.15, -0.1) is 0 Å². The van der Waals surface area contributed by atoms with Gasteiger partial charge >= 0.3 is 8.56 Å². The topological polar surface area (TPSA) is 36.9 Å². The molecule has 0 radical (unpaired) electrons. The predicted molar refractivity (Wildman–Crippen MR) is 164 cm³/mol. The van der Waals surface area contributed by atoms with Crippen molar-refractivity contribution in [1.29, 1.82) is 0 Å². The Morgan fingerprint density at radius 3 is 1.67 bits per heavy atom. The van der Waals surface area contributed by atoms with Gasteiger partial charge in [0, 0.05) is 21.9 Å². The highest BCUT2D eigenvalue weighted by molar-refractivity contribution is 6.73. The molecule has 0 saturated heterocycles. The highest BCUT2D eigenvalue weighted by Crippen LogP contribution is 2.55. The van der Waals surface area contributed by atoms with Crippen LogP contribution in [0.1, 0.15) is 79.9 Å². The van der Waals surface area contributed by atoms with Gasteiger partial charge in [-0.25, -0.2) is 0 Å². The van der Waals surface area contributed by atoms with Gasteiger partial charge in [-0.05, 0) is 30.0 Å². The molecule has 39 heavy (non-hydrogen) atoms. The zero-order chi connectivity index (χ0) is 28.7. The first kappa shape index (κ1) is 31.8. The molecule has 4 atom stereocenters. The van der Waals surface area contributed by atoms with Crippen molar-refractivity contribution < 1.29 is 18.3 Å². The summed E-state index contributed by atoms with van der Waals surface area (Å²) in [4.78, 5) is 0. The lowest BCUT2D eigenvalue weighted by molar-refractivity contribution is -0.0194. The van der Waals surface area contributed by atoms with Crippen molar-refractivity contribution >= 4 is 8.56 Å². The first-order chi connectivity index (χ1) is 18.3. The van der Waals surface area contributed by atoms with E-state index < -0.39 is 8.56 Å². The molecule has 4 nitrogen and oxygen atoms in total. The van der Waals surface area contributed by atoms with Crippen LogP contribution >= 0.6 is 0 Å². The van der Waals surface area contributed by atoms with Crippen LogP contribution in [0.25, 0.3) is 0 Å². The van der Waals surface area contributed by atoms with E-state index in [1.54, 1.807) is 0 Å². The fourth-order valence-electron chi connectivity index (χ4n) is 5.79. The van der Waals surface area contributed by atoms with Crippen LogP contribution in [-0.4, -0.2) is 34.0 Å². The van der Waals surface area contributed by atoms with E-state index >= 15 is 0 Å². The van der Waals surface area contributed by atoms with Crippen LogP contribution < -0.4 is 0 Å². The molecule has 1 heterocycles. The van der Waals surface area contributed by atoms with Gasteiger partial charge in [-0.2, -0.15) is 0 Å². The van der Waals surface area contributed by atoms with Gasteiger partial charge in [0.2, 0.25) is 0 Å². The normalized spacial score (nSPS) is 23.3. The van der Waals surface area contributed by atoms with Crippen molar-refractivity contribution in [3.63, 3.8) is 0 Å². The summed E-state index contributed by atoms with van der Waals surface area (Å²) in [5.41, 5.74) is 3.67. The minimum atomic E-state index is -2.82. The van der Waals surface area contributed by atoms with Crippen LogP contribution in [0.5, 0.6) is 0 Å². The van der Waals surface area contributed by atoms with E-state index in [4.69, 9.17) is 18.3 Å². The van der Waals surface area contributed by atoms with Gasteiger partial charge < -0.3 is 18.3 Å². The van der Waals surface area contributed by atoms with Gasteiger partial charge in [0.15, 0.2) is 0 Å². The minimum Gasteiger partial charge on any atom is -0.390 e. The van der Waals surface area contributed by atoms with Crippen LogP contribution in [-0.2, 0) is 31.5 Å². The average molecular weight is 553 g/mol. The zero-order valence-electron chi connectivity index (χ0n) is 25.8. The maximum absolute atomic E-state index is 7.37. The smallest absolute Gasteiger partial charge is 0.350 e. The highest BCUT2D eigenvalue weighted by atomic mass is 28.4. The maximum Gasteiger partial charge on any atom is 0.350 e. The van der Waals surface area contributed by atoms with Crippen LogP contribution in [0.3, 0.4) is 0 Å². The lowest BCUT2D eigenvalue weighted by Crippen LogP contribution is -2.62. The summed E-state index contributed by atoms with van der Waals surface area (Å²) in [5, 5.41) is -0.261. The molecule has 0 aliphatic carbocycles. The number of hydrogen-bond acceptors (Lipinski definition) is 4. The molecule has 1 unspecified atom stereocenters. The Kier molecular flexibility index (Phi) is 11.2. The van der Waals surface area contributed by atoms with Gasteiger partial charge in [0.25, 0.3) is 0 Å². The summed E-state index contributed by atoms with van der Waals surface area (Å²) in [6.07, 6.45) is 3.18. The third kappa shape index (κ3) is 8.37. The van der Waals surface area contributed by atoms with E-state index in [2.05, 4.69) is 117 Å². The van der Waals surface area contributed by atoms with E-state index in [1.807, 2.05) is 12.1 Å². The second-order valence-corrected chi connectivity index (χ2v) is 18.2. The highest BCUT2D eigenvalue weighted by Gasteiger charge is 2.61. The number of benzene rings is 2. The average Bonchev–Trinajstić information content (AvgIpc) is 2.86. The van der Waals surface area contributed by atoms with E-state index in [9.17, 15) is 0 Å². The first-order valence-corrected chi connectivity index (χ1v) is 16.4. The standard InChI is InChI=1S/C34H52O4Si/c1-26-20-21-31(27(2)22-35-24-29-16-12-10-13-17-29)37-39(33(4,5)6,34(7,8)9)38-32(26)28(3)23-36-25-30-18-14-11-15-19-30/h10-20,27-28,31-32H,21-25H2,1-9H3/b26-20+/t27-,28-,31+,32?/m1/s1. The fraction of sp³-hybridized carbons (Fsp3) is 0.588. The molecule has 1 aliphatic rings. The van der Waals surface area contributed by atoms with Crippen molar-refractivity contribution in [3.05, 3.63) is 83.4 Å². The van der Waals surface area contributed by atoms with Gasteiger partial charge in [0.1, 0.15) is 0 Å². The van der Waals surface area contributed by atoms with E-state index in [-0.39, 0.29) is 34.1 Å². The van der Waals surface area contributed by atoms with Crippen LogP contribution in [0.2, 0.25) is 10.1 Å². The quantitative estimate of drug-likeness (QED) is 0.218. The lowest BCUT2D eigenvalue weighted by Gasteiger charge is -2.54. The summed E-state index contributed by atoms with van der Waals surface area (Å²) < 4.78 is 27.0. The van der Waals surface area contributed by atoms with Gasteiger partial charge in [-0.3, -0.25) is 0 Å². The molecular formula is C34H52O4Si. The molecule has 0 saturated carbocycles. The molecule has 0 fully saturated rings. The molecular weight excluding hydrogens is 500 g/mol. The van der Waals surface area contributed by atoms with Crippen molar-refractivity contribution in [2.75, 3.05) is 13.2 Å². The molecule has 216 valence electrons. The monoisotopic (exact) mass is 552 g/mol. The van der Waals surface area contributed by atoms with Crippen LogP contribution in [0.4, 0.5) is 0 Å². The number of ether oxygens (including phenoxy) is 2. The van der Waals surface area contributed by atoms with Crippen molar-refractivity contribution in [2.45, 2.75) is 104 Å². The Bertz CT molecular complexity index is 1010. The fourth-order valence-corrected chi connectivity index (χ4v) is 11.0. The summed E-state index contributed by atoms with van der Waals surface area (Å²) in [6.45, 7) is 23.0. The molecule has 2 aromatic carbocycles. The Balaban J connectivity index is 1.80. The van der Waals surface area contributed by atoms with Gasteiger partial charge in [-0.1, -0.05) is 122 Å².